The minimum absolute atomic E-state index is 0.0392. The minimum Gasteiger partial charge on any atom is -0.324 e. The van der Waals surface area contributed by atoms with Crippen molar-refractivity contribution in [3.8, 4) is 0 Å². The van der Waals surface area contributed by atoms with Crippen molar-refractivity contribution in [3.05, 3.63) is 68.7 Å². The average molecular weight is 347 g/mol. The molecule has 0 amide bonds. The molecule has 0 aromatic heterocycles. The number of halogens is 4. The molecule has 2 aromatic carbocycles. The van der Waals surface area contributed by atoms with Crippen LogP contribution in [0.1, 0.15) is 17.2 Å². The van der Waals surface area contributed by atoms with Crippen molar-refractivity contribution in [2.75, 3.05) is 0 Å². The van der Waals surface area contributed by atoms with Crippen molar-refractivity contribution in [3.63, 3.8) is 0 Å². The standard InChI is InChI=1S/C14H11BrClF2N/c15-9-2-1-3-12(18)14(9)13(19)7-8-4-5-11(17)10(16)6-8/h1-6,13H,7,19H2. The van der Waals surface area contributed by atoms with E-state index in [1.54, 1.807) is 18.2 Å². The lowest BCUT2D eigenvalue weighted by atomic mass is 9.99. The third-order valence-electron chi connectivity index (χ3n) is 2.81. The van der Waals surface area contributed by atoms with Gasteiger partial charge in [0.2, 0.25) is 0 Å². The molecule has 0 saturated carbocycles. The second-order valence-electron chi connectivity index (χ2n) is 4.19. The summed E-state index contributed by atoms with van der Waals surface area (Å²) in [5.41, 5.74) is 7.17. The summed E-state index contributed by atoms with van der Waals surface area (Å²) >= 11 is 8.99. The molecule has 0 fully saturated rings. The Labute approximate surface area is 123 Å². The van der Waals surface area contributed by atoms with Crippen molar-refractivity contribution in [1.82, 2.24) is 0 Å². The first-order chi connectivity index (χ1) is 8.99. The maximum absolute atomic E-state index is 13.8. The Morgan fingerprint density at radius 2 is 1.89 bits per heavy atom. The Kier molecular flexibility index (Phi) is 4.55. The number of hydrogen-bond donors (Lipinski definition) is 1. The van der Waals surface area contributed by atoms with E-state index in [1.165, 1.54) is 18.2 Å². The Hall–Kier alpha value is -0.970. The highest BCUT2D eigenvalue weighted by molar-refractivity contribution is 9.10. The van der Waals surface area contributed by atoms with Gasteiger partial charge in [-0.3, -0.25) is 0 Å². The zero-order valence-corrected chi connectivity index (χ0v) is 12.2. The highest BCUT2D eigenvalue weighted by Crippen LogP contribution is 2.28. The predicted octanol–water partition coefficient (Wildman–Crippen LogP) is 4.62. The quantitative estimate of drug-likeness (QED) is 0.862. The minimum atomic E-state index is -0.530. The highest BCUT2D eigenvalue weighted by atomic mass is 79.9. The first kappa shape index (κ1) is 14.4. The van der Waals surface area contributed by atoms with Gasteiger partial charge in [0.05, 0.1) is 5.02 Å². The van der Waals surface area contributed by atoms with Gasteiger partial charge < -0.3 is 5.73 Å². The molecule has 0 aliphatic heterocycles. The molecule has 0 aliphatic carbocycles. The molecule has 0 aliphatic rings. The summed E-state index contributed by atoms with van der Waals surface area (Å²) in [6, 6.07) is 8.54. The molecule has 2 aromatic rings. The van der Waals surface area contributed by atoms with Crippen LogP contribution < -0.4 is 5.73 Å². The van der Waals surface area contributed by atoms with Gasteiger partial charge in [0.1, 0.15) is 11.6 Å². The van der Waals surface area contributed by atoms with Crippen LogP contribution >= 0.6 is 27.5 Å². The molecule has 0 radical (unpaired) electrons. The number of benzene rings is 2. The normalized spacial score (nSPS) is 12.5. The fourth-order valence-corrected chi connectivity index (χ4v) is 2.73. The van der Waals surface area contributed by atoms with E-state index in [2.05, 4.69) is 15.9 Å². The number of nitrogens with two attached hydrogens (primary N) is 1. The summed E-state index contributed by atoms with van der Waals surface area (Å²) in [7, 11) is 0. The molecule has 0 spiro atoms. The summed E-state index contributed by atoms with van der Waals surface area (Å²) in [5.74, 6) is -0.846. The van der Waals surface area contributed by atoms with E-state index in [9.17, 15) is 8.78 Å². The summed E-state index contributed by atoms with van der Waals surface area (Å²) < 4.78 is 27.4. The van der Waals surface area contributed by atoms with Gasteiger partial charge in [-0.25, -0.2) is 8.78 Å². The maximum Gasteiger partial charge on any atom is 0.141 e. The average Bonchev–Trinajstić information content (AvgIpc) is 2.33. The van der Waals surface area contributed by atoms with E-state index in [-0.39, 0.29) is 10.8 Å². The van der Waals surface area contributed by atoms with Crippen LogP contribution in [0.4, 0.5) is 8.78 Å². The lowest BCUT2D eigenvalue weighted by Gasteiger charge is -2.15. The Balaban J connectivity index is 2.25. The van der Waals surface area contributed by atoms with Crippen LogP contribution in [0.15, 0.2) is 40.9 Å². The van der Waals surface area contributed by atoms with Crippen molar-refractivity contribution >= 4 is 27.5 Å². The van der Waals surface area contributed by atoms with Gasteiger partial charge >= 0.3 is 0 Å². The smallest absolute Gasteiger partial charge is 0.141 e. The van der Waals surface area contributed by atoms with E-state index in [1.807, 2.05) is 0 Å². The lowest BCUT2D eigenvalue weighted by Crippen LogP contribution is -2.15. The first-order valence-electron chi connectivity index (χ1n) is 5.62. The molecule has 0 saturated heterocycles. The third-order valence-corrected chi connectivity index (χ3v) is 3.79. The van der Waals surface area contributed by atoms with Crippen LogP contribution in [0.3, 0.4) is 0 Å². The van der Waals surface area contributed by atoms with E-state index < -0.39 is 11.9 Å². The highest BCUT2D eigenvalue weighted by Gasteiger charge is 2.16. The second kappa shape index (κ2) is 5.99. The largest absolute Gasteiger partial charge is 0.324 e. The van der Waals surface area contributed by atoms with Gasteiger partial charge in [0.25, 0.3) is 0 Å². The molecule has 0 bridgehead atoms. The molecular formula is C14H11BrClF2N. The summed E-state index contributed by atoms with van der Waals surface area (Å²) in [6.45, 7) is 0. The number of rotatable bonds is 3. The van der Waals surface area contributed by atoms with Crippen LogP contribution in [0.5, 0.6) is 0 Å². The van der Waals surface area contributed by atoms with Crippen LogP contribution in [0, 0.1) is 11.6 Å². The second-order valence-corrected chi connectivity index (χ2v) is 5.46. The Morgan fingerprint density at radius 3 is 2.53 bits per heavy atom. The molecule has 1 nitrogen and oxygen atoms in total. The number of hydrogen-bond acceptors (Lipinski definition) is 1. The monoisotopic (exact) mass is 345 g/mol. The van der Waals surface area contributed by atoms with Crippen LogP contribution in [-0.2, 0) is 6.42 Å². The van der Waals surface area contributed by atoms with E-state index in [0.29, 0.717) is 16.5 Å². The van der Waals surface area contributed by atoms with Crippen molar-refractivity contribution in [2.45, 2.75) is 12.5 Å². The molecule has 2 rings (SSSR count). The molecule has 100 valence electrons. The van der Waals surface area contributed by atoms with E-state index in [0.717, 1.165) is 5.56 Å². The summed E-state index contributed by atoms with van der Waals surface area (Å²) in [6.07, 6.45) is 0.375. The van der Waals surface area contributed by atoms with Gasteiger partial charge in [-0.15, -0.1) is 0 Å². The maximum atomic E-state index is 13.8. The van der Waals surface area contributed by atoms with E-state index in [4.69, 9.17) is 17.3 Å². The van der Waals surface area contributed by atoms with Crippen LogP contribution in [0.2, 0.25) is 5.02 Å². The topological polar surface area (TPSA) is 26.0 Å². The summed E-state index contributed by atoms with van der Waals surface area (Å²) in [4.78, 5) is 0. The fraction of sp³-hybridized carbons (Fsp3) is 0.143. The molecule has 19 heavy (non-hydrogen) atoms. The third kappa shape index (κ3) is 3.32. The first-order valence-corrected chi connectivity index (χ1v) is 6.79. The van der Waals surface area contributed by atoms with Gasteiger partial charge in [0.15, 0.2) is 0 Å². The molecule has 1 unspecified atom stereocenters. The Morgan fingerprint density at radius 1 is 1.16 bits per heavy atom. The predicted molar refractivity (Wildman–Crippen MR) is 76.1 cm³/mol. The van der Waals surface area contributed by atoms with Crippen LogP contribution in [0.25, 0.3) is 0 Å². The van der Waals surface area contributed by atoms with Gasteiger partial charge in [-0.2, -0.15) is 0 Å². The summed E-state index contributed by atoms with van der Waals surface area (Å²) in [5, 5.41) is 0.0392. The molecular weight excluding hydrogens is 336 g/mol. The van der Waals surface area contributed by atoms with Crippen molar-refractivity contribution in [1.29, 1.82) is 0 Å². The zero-order valence-electron chi connectivity index (χ0n) is 9.84. The van der Waals surface area contributed by atoms with Crippen molar-refractivity contribution < 1.29 is 8.78 Å². The van der Waals surface area contributed by atoms with Gasteiger partial charge in [0, 0.05) is 16.1 Å². The van der Waals surface area contributed by atoms with Gasteiger partial charge in [-0.1, -0.05) is 39.7 Å². The van der Waals surface area contributed by atoms with Gasteiger partial charge in [-0.05, 0) is 36.2 Å². The van der Waals surface area contributed by atoms with Crippen molar-refractivity contribution in [2.24, 2.45) is 5.73 Å². The molecule has 1 atom stereocenters. The molecule has 0 heterocycles. The SMILES string of the molecule is NC(Cc1ccc(F)c(Cl)c1)c1c(F)cccc1Br. The molecule has 2 N–H and O–H groups in total. The van der Waals surface area contributed by atoms with E-state index >= 15 is 0 Å². The lowest BCUT2D eigenvalue weighted by molar-refractivity contribution is 0.577. The van der Waals surface area contributed by atoms with Crippen LogP contribution in [-0.4, -0.2) is 0 Å². The zero-order chi connectivity index (χ0) is 14.0. The molecule has 5 heteroatoms. The Bertz CT molecular complexity index is 584. The fourth-order valence-electron chi connectivity index (χ4n) is 1.89.